The summed E-state index contributed by atoms with van der Waals surface area (Å²) in [6.45, 7) is 3.80. The second-order valence-electron chi connectivity index (χ2n) is 6.79. The Balaban J connectivity index is 2.07. The van der Waals surface area contributed by atoms with Gasteiger partial charge in [-0.25, -0.2) is 13.1 Å². The van der Waals surface area contributed by atoms with Gasteiger partial charge in [-0.05, 0) is 63.8 Å². The lowest BCUT2D eigenvalue weighted by atomic mass is 9.72. The van der Waals surface area contributed by atoms with Gasteiger partial charge in [0.2, 0.25) is 10.0 Å². The highest BCUT2D eigenvalue weighted by Crippen LogP contribution is 2.39. The molecule has 0 bridgehead atoms. The van der Waals surface area contributed by atoms with E-state index in [-0.39, 0.29) is 17.5 Å². The van der Waals surface area contributed by atoms with Crippen LogP contribution in [0.5, 0.6) is 0 Å². The van der Waals surface area contributed by atoms with E-state index in [1.54, 1.807) is 26.0 Å². The highest BCUT2D eigenvalue weighted by atomic mass is 32.2. The first-order valence-corrected chi connectivity index (χ1v) is 10.5. The van der Waals surface area contributed by atoms with Crippen molar-refractivity contribution in [3.8, 4) is 0 Å². The maximum atomic E-state index is 12.6. The zero-order valence-corrected chi connectivity index (χ0v) is 16.6. The number of carbonyl (C=O) groups is 1. The third-order valence-corrected chi connectivity index (χ3v) is 6.40. The molecule has 1 saturated carbocycles. The van der Waals surface area contributed by atoms with Crippen molar-refractivity contribution in [2.24, 2.45) is 5.41 Å². The minimum atomic E-state index is -4.53. The number of benzene rings is 1. The predicted octanol–water partition coefficient (Wildman–Crippen LogP) is 4.05. The molecule has 156 valence electrons. The van der Waals surface area contributed by atoms with Crippen molar-refractivity contribution in [1.29, 1.82) is 0 Å². The number of esters is 1. The van der Waals surface area contributed by atoms with Gasteiger partial charge >= 0.3 is 12.1 Å². The van der Waals surface area contributed by atoms with Crippen LogP contribution in [-0.4, -0.2) is 27.0 Å². The summed E-state index contributed by atoms with van der Waals surface area (Å²) in [7, 11) is -3.95. The minimum Gasteiger partial charge on any atom is -0.465 e. The molecule has 1 fully saturated rings. The van der Waals surface area contributed by atoms with Gasteiger partial charge in [0.05, 0.1) is 22.5 Å². The van der Waals surface area contributed by atoms with E-state index in [2.05, 4.69) is 4.72 Å². The van der Waals surface area contributed by atoms with Crippen molar-refractivity contribution in [1.82, 2.24) is 4.72 Å². The summed E-state index contributed by atoms with van der Waals surface area (Å²) in [4.78, 5) is 12.1. The Labute approximate surface area is 163 Å². The van der Waals surface area contributed by atoms with Crippen molar-refractivity contribution in [3.63, 3.8) is 0 Å². The normalized spacial score (nSPS) is 23.7. The molecule has 0 amide bonds. The molecule has 1 aromatic carbocycles. The lowest BCUT2D eigenvalue weighted by Gasteiger charge is -2.36. The van der Waals surface area contributed by atoms with Gasteiger partial charge in [0.1, 0.15) is 0 Å². The molecule has 0 aromatic heterocycles. The summed E-state index contributed by atoms with van der Waals surface area (Å²) in [6.07, 6.45) is 0.746. The number of sulfonamides is 1. The molecule has 28 heavy (non-hydrogen) atoms. The van der Waals surface area contributed by atoms with Crippen LogP contribution in [0.1, 0.15) is 45.1 Å². The molecule has 1 N–H and O–H groups in total. The number of allylic oxidation sites excluding steroid dienone is 1. The summed E-state index contributed by atoms with van der Waals surface area (Å²) in [5, 5.41) is 0. The Bertz CT molecular complexity index is 809. The molecule has 0 radical (unpaired) electrons. The maximum Gasteiger partial charge on any atom is 0.416 e. The summed E-state index contributed by atoms with van der Waals surface area (Å²) in [5.74, 6) is -0.322. The molecule has 9 heteroatoms. The molecule has 0 heterocycles. The van der Waals surface area contributed by atoms with Crippen LogP contribution in [0.3, 0.4) is 0 Å². The molecule has 0 atom stereocenters. The number of alkyl halides is 3. The van der Waals surface area contributed by atoms with Crippen LogP contribution >= 0.6 is 0 Å². The van der Waals surface area contributed by atoms with Crippen molar-refractivity contribution in [3.05, 3.63) is 42.0 Å². The number of carbonyl (C=O) groups excluding carboxylic acids is 1. The standard InChI is InChI=1S/C19H24F3NO4S/c1-3-11-18(17(24)27-4-2)12-9-15(10-13-18)23-28(25,26)16-7-5-14(6-8-16)19(20,21)22/h3,5-8,11,15,23H,4,9-10,12-13H2,1-2H3. The van der Waals surface area contributed by atoms with Crippen LogP contribution in [0.25, 0.3) is 0 Å². The number of rotatable bonds is 6. The first kappa shape index (κ1) is 22.4. The van der Waals surface area contributed by atoms with Crippen molar-refractivity contribution >= 4 is 16.0 Å². The fourth-order valence-corrected chi connectivity index (χ4v) is 4.70. The maximum absolute atomic E-state index is 12.6. The van der Waals surface area contributed by atoms with E-state index >= 15 is 0 Å². The van der Waals surface area contributed by atoms with Crippen LogP contribution in [0.2, 0.25) is 0 Å². The van der Waals surface area contributed by atoms with Gasteiger partial charge in [0, 0.05) is 6.04 Å². The third-order valence-electron chi connectivity index (χ3n) is 4.86. The number of nitrogens with one attached hydrogen (secondary N) is 1. The van der Waals surface area contributed by atoms with E-state index in [0.717, 1.165) is 24.3 Å². The average molecular weight is 419 g/mol. The van der Waals surface area contributed by atoms with Gasteiger partial charge in [-0.15, -0.1) is 0 Å². The number of hydrogen-bond acceptors (Lipinski definition) is 4. The van der Waals surface area contributed by atoms with Crippen LogP contribution < -0.4 is 4.72 Å². The van der Waals surface area contributed by atoms with E-state index < -0.39 is 33.2 Å². The highest BCUT2D eigenvalue weighted by Gasteiger charge is 2.41. The van der Waals surface area contributed by atoms with Crippen LogP contribution in [0.15, 0.2) is 41.3 Å². The Morgan fingerprint density at radius 1 is 1.25 bits per heavy atom. The SMILES string of the molecule is CC=CC1(C(=O)OCC)CCC(NS(=O)(=O)c2ccc(C(F)(F)F)cc2)CC1. The summed E-state index contributed by atoms with van der Waals surface area (Å²) in [6, 6.07) is 2.97. The molecule has 5 nitrogen and oxygen atoms in total. The lowest BCUT2D eigenvalue weighted by Crippen LogP contribution is -2.43. The number of hydrogen-bond donors (Lipinski definition) is 1. The smallest absolute Gasteiger partial charge is 0.416 e. The van der Waals surface area contributed by atoms with Gasteiger partial charge in [-0.3, -0.25) is 4.79 Å². The Morgan fingerprint density at radius 3 is 2.29 bits per heavy atom. The van der Waals surface area contributed by atoms with Crippen LogP contribution in [0, 0.1) is 5.41 Å². The molecule has 0 saturated heterocycles. The summed E-state index contributed by atoms with van der Waals surface area (Å²) < 4.78 is 70.6. The Kier molecular flexibility index (Phi) is 6.93. The van der Waals surface area contributed by atoms with Gasteiger partial charge in [0.15, 0.2) is 0 Å². The van der Waals surface area contributed by atoms with Crippen LogP contribution in [0.4, 0.5) is 13.2 Å². The Morgan fingerprint density at radius 2 is 1.82 bits per heavy atom. The highest BCUT2D eigenvalue weighted by molar-refractivity contribution is 7.89. The summed E-state index contributed by atoms with van der Waals surface area (Å²) in [5.41, 5.74) is -1.67. The van der Waals surface area contributed by atoms with Gasteiger partial charge < -0.3 is 4.74 Å². The fourth-order valence-electron chi connectivity index (χ4n) is 3.39. The third kappa shape index (κ3) is 5.14. The van der Waals surface area contributed by atoms with Gasteiger partial charge in [0.25, 0.3) is 0 Å². The van der Waals surface area contributed by atoms with Gasteiger partial charge in [-0.1, -0.05) is 12.2 Å². The predicted molar refractivity (Wildman–Crippen MR) is 97.9 cm³/mol. The molecule has 0 unspecified atom stereocenters. The van der Waals surface area contributed by atoms with E-state index in [0.29, 0.717) is 25.7 Å². The first-order chi connectivity index (χ1) is 13.0. The van der Waals surface area contributed by atoms with Crippen molar-refractivity contribution in [2.75, 3.05) is 6.61 Å². The monoisotopic (exact) mass is 419 g/mol. The molecular formula is C19H24F3NO4S. The minimum absolute atomic E-state index is 0.226. The zero-order chi connectivity index (χ0) is 21.0. The fraction of sp³-hybridized carbons (Fsp3) is 0.526. The van der Waals surface area contributed by atoms with E-state index in [4.69, 9.17) is 4.74 Å². The average Bonchev–Trinajstić information content (AvgIpc) is 2.63. The second kappa shape index (κ2) is 8.65. The molecule has 2 rings (SSSR count). The lowest BCUT2D eigenvalue weighted by molar-refractivity contribution is -0.154. The van der Waals surface area contributed by atoms with Crippen molar-refractivity contribution in [2.45, 2.75) is 56.6 Å². The van der Waals surface area contributed by atoms with E-state index in [9.17, 15) is 26.4 Å². The number of halogens is 3. The van der Waals surface area contributed by atoms with E-state index in [1.807, 2.05) is 0 Å². The summed E-state index contributed by atoms with van der Waals surface area (Å²) >= 11 is 0. The molecule has 1 aliphatic rings. The van der Waals surface area contributed by atoms with Crippen molar-refractivity contribution < 1.29 is 31.1 Å². The molecule has 0 aliphatic heterocycles. The van der Waals surface area contributed by atoms with Gasteiger partial charge in [-0.2, -0.15) is 13.2 Å². The topological polar surface area (TPSA) is 72.5 Å². The largest absolute Gasteiger partial charge is 0.465 e. The quantitative estimate of drug-likeness (QED) is 0.558. The molecular weight excluding hydrogens is 395 g/mol. The second-order valence-corrected chi connectivity index (χ2v) is 8.51. The Hall–Kier alpha value is -1.87. The number of ether oxygens (including phenoxy) is 1. The van der Waals surface area contributed by atoms with Crippen LogP contribution in [-0.2, 0) is 25.7 Å². The molecule has 1 aromatic rings. The first-order valence-electron chi connectivity index (χ1n) is 9.05. The van der Waals surface area contributed by atoms with E-state index in [1.165, 1.54) is 0 Å². The zero-order valence-electron chi connectivity index (χ0n) is 15.8. The molecule has 0 spiro atoms. The molecule has 1 aliphatic carbocycles.